The number of aryl methyl sites for hydroxylation is 1. The summed E-state index contributed by atoms with van der Waals surface area (Å²) in [6, 6.07) is 5.23. The molecule has 0 spiro atoms. The minimum Gasteiger partial charge on any atom is -0.490 e. The Hall–Kier alpha value is -2.02. The van der Waals surface area contributed by atoms with Gasteiger partial charge in [-0.05, 0) is 44.9 Å². The molecule has 0 fully saturated rings. The largest absolute Gasteiger partial charge is 0.490 e. The summed E-state index contributed by atoms with van der Waals surface area (Å²) >= 11 is 1.71. The first-order valence-corrected chi connectivity index (χ1v) is 10.1. The molecule has 0 bridgehead atoms. The van der Waals surface area contributed by atoms with Gasteiger partial charge in [-0.25, -0.2) is 0 Å². The van der Waals surface area contributed by atoms with Gasteiger partial charge in [0.15, 0.2) is 16.7 Å². The molecule has 1 aromatic carbocycles. The van der Waals surface area contributed by atoms with Crippen LogP contribution in [0.1, 0.15) is 49.8 Å². The number of carbonyl (C=O) groups is 1. The Labute approximate surface area is 159 Å². The maximum Gasteiger partial charge on any atom is 0.191 e. The van der Waals surface area contributed by atoms with E-state index in [0.717, 1.165) is 48.8 Å². The van der Waals surface area contributed by atoms with Crippen molar-refractivity contribution in [2.24, 2.45) is 0 Å². The summed E-state index contributed by atoms with van der Waals surface area (Å²) in [5.74, 6) is 3.25. The molecule has 6 nitrogen and oxygen atoms in total. The molecule has 0 aliphatic carbocycles. The number of rotatable bonds is 12. The fourth-order valence-electron chi connectivity index (χ4n) is 2.54. The van der Waals surface area contributed by atoms with Gasteiger partial charge in [0.1, 0.15) is 12.1 Å². The predicted molar refractivity (Wildman–Crippen MR) is 104 cm³/mol. The van der Waals surface area contributed by atoms with Gasteiger partial charge in [0.25, 0.3) is 0 Å². The Balaban J connectivity index is 1.83. The average molecular weight is 378 g/mol. The fraction of sp³-hybridized carbons (Fsp3) is 0.526. The predicted octanol–water partition coefficient (Wildman–Crippen LogP) is 4.02. The lowest BCUT2D eigenvalue weighted by molar-refractivity contribution is 0.112. The van der Waals surface area contributed by atoms with Crippen LogP contribution in [0.15, 0.2) is 23.4 Å². The Morgan fingerprint density at radius 1 is 1.15 bits per heavy atom. The van der Waals surface area contributed by atoms with Crippen molar-refractivity contribution in [1.29, 1.82) is 0 Å². The van der Waals surface area contributed by atoms with E-state index < -0.39 is 0 Å². The lowest BCUT2D eigenvalue weighted by atomic mass is 10.2. The van der Waals surface area contributed by atoms with Crippen LogP contribution in [0.4, 0.5) is 0 Å². The first kappa shape index (κ1) is 20.3. The Morgan fingerprint density at radius 2 is 2.00 bits per heavy atom. The highest BCUT2D eigenvalue weighted by molar-refractivity contribution is 7.99. The van der Waals surface area contributed by atoms with Crippen LogP contribution in [0.2, 0.25) is 0 Å². The highest BCUT2D eigenvalue weighted by Gasteiger charge is 2.10. The molecule has 2 aromatic rings. The van der Waals surface area contributed by atoms with Crippen LogP contribution in [0, 0.1) is 0 Å². The van der Waals surface area contributed by atoms with E-state index in [-0.39, 0.29) is 0 Å². The van der Waals surface area contributed by atoms with Gasteiger partial charge >= 0.3 is 0 Å². The molecule has 1 aromatic heterocycles. The van der Waals surface area contributed by atoms with E-state index in [1.807, 2.05) is 6.92 Å². The standard InChI is InChI=1S/C19H27N3O3S/c1-4-8-18-20-21-19(22(18)5-2)26-12-7-11-25-16-10-9-15(14-23)13-17(16)24-6-3/h9-10,13-14H,4-8,11-12H2,1-3H3. The highest BCUT2D eigenvalue weighted by atomic mass is 32.2. The summed E-state index contributed by atoms with van der Waals surface area (Å²) in [4.78, 5) is 10.9. The summed E-state index contributed by atoms with van der Waals surface area (Å²) in [7, 11) is 0. The third-order valence-electron chi connectivity index (χ3n) is 3.76. The number of hydrogen-bond donors (Lipinski definition) is 0. The van der Waals surface area contributed by atoms with Crippen molar-refractivity contribution >= 4 is 18.0 Å². The summed E-state index contributed by atoms with van der Waals surface area (Å²) in [6.45, 7) is 8.18. The molecule has 0 saturated carbocycles. The monoisotopic (exact) mass is 377 g/mol. The SMILES string of the molecule is CCCc1nnc(SCCCOc2ccc(C=O)cc2OCC)n1CC. The lowest BCUT2D eigenvalue weighted by Crippen LogP contribution is -2.04. The number of hydrogen-bond acceptors (Lipinski definition) is 6. The van der Waals surface area contributed by atoms with Crippen molar-refractivity contribution in [3.05, 3.63) is 29.6 Å². The van der Waals surface area contributed by atoms with Crippen molar-refractivity contribution in [2.75, 3.05) is 19.0 Å². The minimum absolute atomic E-state index is 0.529. The number of benzene rings is 1. The van der Waals surface area contributed by atoms with E-state index in [1.54, 1.807) is 30.0 Å². The maximum absolute atomic E-state index is 10.9. The summed E-state index contributed by atoms with van der Waals surface area (Å²) in [5, 5.41) is 9.56. The number of nitrogens with zero attached hydrogens (tertiary/aromatic N) is 3. The molecule has 0 aliphatic heterocycles. The van der Waals surface area contributed by atoms with Crippen molar-refractivity contribution < 1.29 is 14.3 Å². The quantitative estimate of drug-likeness (QED) is 0.316. The summed E-state index contributed by atoms with van der Waals surface area (Å²) < 4.78 is 13.6. The minimum atomic E-state index is 0.529. The number of carbonyl (C=O) groups excluding carboxylic acids is 1. The first-order valence-electron chi connectivity index (χ1n) is 9.13. The third kappa shape index (κ3) is 5.49. The third-order valence-corrected chi connectivity index (χ3v) is 4.82. The van der Waals surface area contributed by atoms with Gasteiger partial charge in [0.2, 0.25) is 0 Å². The smallest absolute Gasteiger partial charge is 0.191 e. The van der Waals surface area contributed by atoms with Crippen molar-refractivity contribution in [2.45, 2.75) is 51.7 Å². The average Bonchev–Trinajstić information content (AvgIpc) is 3.04. The Bertz CT molecular complexity index is 703. The molecule has 0 amide bonds. The van der Waals surface area contributed by atoms with E-state index in [1.165, 1.54) is 0 Å². The summed E-state index contributed by atoms with van der Waals surface area (Å²) in [5.41, 5.74) is 0.582. The number of aldehydes is 1. The molecular formula is C19H27N3O3S. The molecule has 2 rings (SSSR count). The Morgan fingerprint density at radius 3 is 2.69 bits per heavy atom. The van der Waals surface area contributed by atoms with Crippen LogP contribution in [0.5, 0.6) is 11.5 Å². The molecule has 0 radical (unpaired) electrons. The van der Waals surface area contributed by atoms with Gasteiger partial charge in [-0.1, -0.05) is 18.7 Å². The number of aromatic nitrogens is 3. The zero-order valence-corrected chi connectivity index (χ0v) is 16.6. The number of ether oxygens (including phenoxy) is 2. The Kier molecular flexibility index (Phi) is 8.47. The van der Waals surface area contributed by atoms with Gasteiger partial charge in [0, 0.05) is 24.3 Å². The number of thioether (sulfide) groups is 1. The van der Waals surface area contributed by atoms with E-state index in [2.05, 4.69) is 28.6 Å². The molecular weight excluding hydrogens is 350 g/mol. The van der Waals surface area contributed by atoms with Crippen LogP contribution in [0.3, 0.4) is 0 Å². The van der Waals surface area contributed by atoms with Crippen molar-refractivity contribution in [3.63, 3.8) is 0 Å². The summed E-state index contributed by atoms with van der Waals surface area (Å²) in [6.07, 6.45) is 3.72. The fourth-order valence-corrected chi connectivity index (χ4v) is 3.48. The van der Waals surface area contributed by atoms with E-state index in [4.69, 9.17) is 9.47 Å². The normalized spacial score (nSPS) is 10.7. The van der Waals surface area contributed by atoms with Crippen LogP contribution in [-0.2, 0) is 13.0 Å². The topological polar surface area (TPSA) is 66.2 Å². The van der Waals surface area contributed by atoms with Crippen LogP contribution < -0.4 is 9.47 Å². The van der Waals surface area contributed by atoms with Crippen molar-refractivity contribution in [3.8, 4) is 11.5 Å². The molecule has 0 atom stereocenters. The molecule has 1 heterocycles. The lowest BCUT2D eigenvalue weighted by Gasteiger charge is -2.12. The maximum atomic E-state index is 10.9. The van der Waals surface area contributed by atoms with E-state index in [0.29, 0.717) is 30.3 Å². The van der Waals surface area contributed by atoms with Crippen LogP contribution in [0.25, 0.3) is 0 Å². The molecule has 0 N–H and O–H groups in total. The zero-order valence-electron chi connectivity index (χ0n) is 15.7. The van der Waals surface area contributed by atoms with Gasteiger partial charge in [-0.15, -0.1) is 10.2 Å². The second kappa shape index (κ2) is 10.9. The molecule has 0 aliphatic rings. The second-order valence-electron chi connectivity index (χ2n) is 5.70. The van der Waals surface area contributed by atoms with Crippen LogP contribution >= 0.6 is 11.8 Å². The van der Waals surface area contributed by atoms with Gasteiger partial charge in [0.05, 0.1) is 13.2 Å². The molecule has 0 unspecified atom stereocenters. The van der Waals surface area contributed by atoms with Gasteiger partial charge in [-0.2, -0.15) is 0 Å². The highest BCUT2D eigenvalue weighted by Crippen LogP contribution is 2.28. The van der Waals surface area contributed by atoms with E-state index in [9.17, 15) is 4.79 Å². The van der Waals surface area contributed by atoms with E-state index >= 15 is 0 Å². The first-order chi connectivity index (χ1) is 12.7. The second-order valence-corrected chi connectivity index (χ2v) is 6.76. The zero-order chi connectivity index (χ0) is 18.8. The van der Waals surface area contributed by atoms with Crippen LogP contribution in [-0.4, -0.2) is 40.0 Å². The molecule has 142 valence electrons. The van der Waals surface area contributed by atoms with Gasteiger partial charge in [-0.3, -0.25) is 4.79 Å². The molecule has 0 saturated heterocycles. The molecule has 26 heavy (non-hydrogen) atoms. The van der Waals surface area contributed by atoms with Gasteiger partial charge < -0.3 is 14.0 Å². The molecule has 7 heteroatoms. The van der Waals surface area contributed by atoms with Crippen molar-refractivity contribution in [1.82, 2.24) is 14.8 Å².